The van der Waals surface area contributed by atoms with E-state index in [1.54, 1.807) is 17.8 Å². The van der Waals surface area contributed by atoms with E-state index in [0.29, 0.717) is 22.1 Å². The minimum absolute atomic E-state index is 0.238. The third-order valence-corrected chi connectivity index (χ3v) is 4.91. The lowest BCUT2D eigenvalue weighted by molar-refractivity contribution is 0.0954. The molecule has 0 aliphatic rings. The van der Waals surface area contributed by atoms with Crippen molar-refractivity contribution in [3.63, 3.8) is 0 Å². The Morgan fingerprint density at radius 1 is 1.32 bits per heavy atom. The molecule has 2 heterocycles. The average Bonchev–Trinajstić information content (AvgIpc) is 3.19. The van der Waals surface area contributed by atoms with Crippen molar-refractivity contribution in [1.82, 2.24) is 20.3 Å². The molecule has 5 nitrogen and oxygen atoms in total. The summed E-state index contributed by atoms with van der Waals surface area (Å²) in [6, 6.07) is 9.47. The van der Waals surface area contributed by atoms with Gasteiger partial charge in [0, 0.05) is 0 Å². The molecule has 1 amide bonds. The van der Waals surface area contributed by atoms with Crippen LogP contribution in [0.2, 0.25) is 0 Å². The first kappa shape index (κ1) is 17.3. The van der Waals surface area contributed by atoms with Gasteiger partial charge in [-0.05, 0) is 42.2 Å². The summed E-state index contributed by atoms with van der Waals surface area (Å²) >= 11 is 0.843. The van der Waals surface area contributed by atoms with Crippen LogP contribution < -0.4 is 5.32 Å². The van der Waals surface area contributed by atoms with Crippen LogP contribution in [-0.4, -0.2) is 20.9 Å². The summed E-state index contributed by atoms with van der Waals surface area (Å²) in [6.45, 7) is 6.24. The van der Waals surface area contributed by atoms with Gasteiger partial charge in [0.1, 0.15) is 5.69 Å². The minimum Gasteiger partial charge on any atom is -0.346 e. The Bertz CT molecular complexity index is 883. The molecule has 0 aliphatic heterocycles. The monoisotopic (exact) mass is 358 g/mol. The maximum atomic E-state index is 13.2. The van der Waals surface area contributed by atoms with Gasteiger partial charge in [0.2, 0.25) is 0 Å². The van der Waals surface area contributed by atoms with Gasteiger partial charge in [-0.1, -0.05) is 31.2 Å². The highest BCUT2D eigenvalue weighted by Crippen LogP contribution is 2.20. The molecule has 3 rings (SSSR count). The SMILES string of the molecule is Cc1cc(F)sc1C(=O)NCc1cn(-c2ccc(C(C)C)cc2)nn1. The van der Waals surface area contributed by atoms with Crippen molar-refractivity contribution in [3.05, 3.63) is 63.4 Å². The molecule has 0 fully saturated rings. The molecule has 0 spiro atoms. The molecule has 25 heavy (non-hydrogen) atoms. The highest BCUT2D eigenvalue weighted by Gasteiger charge is 2.14. The van der Waals surface area contributed by atoms with E-state index < -0.39 is 0 Å². The van der Waals surface area contributed by atoms with Crippen LogP contribution in [-0.2, 0) is 6.54 Å². The fourth-order valence-corrected chi connectivity index (χ4v) is 3.25. The number of rotatable bonds is 5. The molecule has 1 aromatic carbocycles. The van der Waals surface area contributed by atoms with E-state index in [2.05, 4.69) is 41.6 Å². The number of hydrogen-bond donors (Lipinski definition) is 1. The second-order valence-corrected chi connectivity index (χ2v) is 7.15. The number of aryl methyl sites for hydroxylation is 1. The fraction of sp³-hybridized carbons (Fsp3) is 0.278. The zero-order chi connectivity index (χ0) is 18.0. The lowest BCUT2D eigenvalue weighted by Gasteiger charge is -2.06. The van der Waals surface area contributed by atoms with Crippen LogP contribution in [0.1, 0.15) is 46.3 Å². The van der Waals surface area contributed by atoms with E-state index in [0.717, 1.165) is 17.0 Å². The quantitative estimate of drug-likeness (QED) is 0.754. The maximum absolute atomic E-state index is 13.2. The number of amides is 1. The number of carbonyl (C=O) groups excluding carboxylic acids is 1. The third-order valence-electron chi connectivity index (χ3n) is 3.89. The van der Waals surface area contributed by atoms with Crippen molar-refractivity contribution in [1.29, 1.82) is 0 Å². The lowest BCUT2D eigenvalue weighted by Crippen LogP contribution is -2.22. The summed E-state index contributed by atoms with van der Waals surface area (Å²) in [7, 11) is 0. The predicted molar refractivity (Wildman–Crippen MR) is 95.6 cm³/mol. The molecule has 0 saturated carbocycles. The molecular weight excluding hydrogens is 339 g/mol. The molecule has 0 aliphatic carbocycles. The Kier molecular flexibility index (Phi) is 4.94. The smallest absolute Gasteiger partial charge is 0.262 e. The fourth-order valence-electron chi connectivity index (χ4n) is 2.44. The van der Waals surface area contributed by atoms with Gasteiger partial charge in [0.25, 0.3) is 5.91 Å². The summed E-state index contributed by atoms with van der Waals surface area (Å²) < 4.78 is 14.9. The van der Waals surface area contributed by atoms with Gasteiger partial charge in [0.15, 0.2) is 5.13 Å². The van der Waals surface area contributed by atoms with Crippen LogP contribution in [0.4, 0.5) is 4.39 Å². The van der Waals surface area contributed by atoms with Gasteiger partial charge < -0.3 is 5.32 Å². The van der Waals surface area contributed by atoms with E-state index in [-0.39, 0.29) is 17.6 Å². The number of nitrogens with one attached hydrogen (secondary N) is 1. The number of halogens is 1. The molecule has 0 unspecified atom stereocenters. The number of hydrogen-bond acceptors (Lipinski definition) is 4. The Hall–Kier alpha value is -2.54. The van der Waals surface area contributed by atoms with Gasteiger partial charge in [-0.15, -0.1) is 16.4 Å². The number of aromatic nitrogens is 3. The molecular formula is C18H19FN4OS. The van der Waals surface area contributed by atoms with Gasteiger partial charge in [-0.2, -0.15) is 4.39 Å². The Balaban J connectivity index is 1.65. The molecule has 0 saturated heterocycles. The van der Waals surface area contributed by atoms with Crippen LogP contribution >= 0.6 is 11.3 Å². The van der Waals surface area contributed by atoms with Crippen molar-refractivity contribution in [2.45, 2.75) is 33.2 Å². The summed E-state index contributed by atoms with van der Waals surface area (Å²) in [5.41, 5.74) is 3.44. The number of thiophene rings is 1. The molecule has 7 heteroatoms. The summed E-state index contributed by atoms with van der Waals surface area (Å²) in [5.74, 6) is 0.170. The highest BCUT2D eigenvalue weighted by atomic mass is 32.1. The summed E-state index contributed by atoms with van der Waals surface area (Å²) in [5, 5.41) is 10.5. The first-order valence-corrected chi connectivity index (χ1v) is 8.81. The first-order valence-electron chi connectivity index (χ1n) is 7.99. The largest absolute Gasteiger partial charge is 0.346 e. The van der Waals surface area contributed by atoms with Crippen LogP contribution in [0.25, 0.3) is 5.69 Å². The molecule has 3 aromatic rings. The second kappa shape index (κ2) is 7.14. The summed E-state index contributed by atoms with van der Waals surface area (Å²) in [4.78, 5) is 12.5. The standard InChI is InChI=1S/C18H19FN4OS/c1-11(2)13-4-6-15(7-5-13)23-10-14(21-22-23)9-20-18(24)17-12(3)8-16(19)25-17/h4-8,10-11H,9H2,1-3H3,(H,20,24). The Labute approximate surface area is 149 Å². The van der Waals surface area contributed by atoms with Gasteiger partial charge in [0.05, 0.1) is 23.3 Å². The third kappa shape index (κ3) is 3.93. The molecule has 1 N–H and O–H groups in total. The number of carbonyl (C=O) groups is 1. The zero-order valence-electron chi connectivity index (χ0n) is 14.3. The van der Waals surface area contributed by atoms with E-state index in [4.69, 9.17) is 0 Å². The second-order valence-electron chi connectivity index (χ2n) is 6.15. The normalized spacial score (nSPS) is 11.1. The maximum Gasteiger partial charge on any atom is 0.262 e. The van der Waals surface area contributed by atoms with Crippen molar-refractivity contribution in [2.75, 3.05) is 0 Å². The average molecular weight is 358 g/mol. The molecule has 130 valence electrons. The van der Waals surface area contributed by atoms with Crippen LogP contribution in [0.5, 0.6) is 0 Å². The lowest BCUT2D eigenvalue weighted by atomic mass is 10.0. The van der Waals surface area contributed by atoms with Crippen LogP contribution in [0.3, 0.4) is 0 Å². The van der Waals surface area contributed by atoms with Crippen molar-refractivity contribution in [3.8, 4) is 5.69 Å². The number of benzene rings is 1. The Morgan fingerprint density at radius 2 is 2.04 bits per heavy atom. The molecule has 0 bridgehead atoms. The minimum atomic E-state index is -0.363. The highest BCUT2D eigenvalue weighted by molar-refractivity contribution is 7.12. The molecule has 0 atom stereocenters. The number of nitrogens with zero attached hydrogens (tertiary/aromatic N) is 3. The van der Waals surface area contributed by atoms with E-state index in [1.807, 2.05) is 12.1 Å². The van der Waals surface area contributed by atoms with E-state index >= 15 is 0 Å². The van der Waals surface area contributed by atoms with Gasteiger partial charge in [-0.25, -0.2) is 4.68 Å². The van der Waals surface area contributed by atoms with Crippen LogP contribution in [0.15, 0.2) is 36.5 Å². The topological polar surface area (TPSA) is 59.8 Å². The van der Waals surface area contributed by atoms with Gasteiger partial charge >= 0.3 is 0 Å². The van der Waals surface area contributed by atoms with E-state index in [9.17, 15) is 9.18 Å². The molecule has 0 radical (unpaired) electrons. The van der Waals surface area contributed by atoms with Crippen molar-refractivity contribution in [2.24, 2.45) is 0 Å². The van der Waals surface area contributed by atoms with Crippen molar-refractivity contribution < 1.29 is 9.18 Å². The van der Waals surface area contributed by atoms with E-state index in [1.165, 1.54) is 11.6 Å². The Morgan fingerprint density at radius 3 is 2.64 bits per heavy atom. The van der Waals surface area contributed by atoms with Crippen molar-refractivity contribution >= 4 is 17.2 Å². The summed E-state index contributed by atoms with van der Waals surface area (Å²) in [6.07, 6.45) is 1.77. The first-order chi connectivity index (χ1) is 11.9. The zero-order valence-corrected chi connectivity index (χ0v) is 15.1. The predicted octanol–water partition coefficient (Wildman–Crippen LogP) is 3.83. The van der Waals surface area contributed by atoms with Crippen LogP contribution in [0, 0.1) is 12.1 Å². The van der Waals surface area contributed by atoms with Gasteiger partial charge in [-0.3, -0.25) is 4.79 Å². The molecule has 2 aromatic heterocycles.